The van der Waals surface area contributed by atoms with E-state index in [1.807, 2.05) is 48.5 Å². The number of ether oxygens (including phenoxy) is 2. The molecule has 2 aromatic carbocycles. The molecule has 0 radical (unpaired) electrons. The number of carbonyl (C=O) groups excluding carboxylic acids is 1. The molecule has 0 bridgehead atoms. The minimum absolute atomic E-state index is 0.0948. The summed E-state index contributed by atoms with van der Waals surface area (Å²) in [5.74, 6) is 0.991. The van der Waals surface area contributed by atoms with Gasteiger partial charge in [-0.2, -0.15) is 0 Å². The number of nitrogens with one attached hydrogen (secondary N) is 1. The standard InChI is InChI=1S/C17H17NO3/c1-20-14-8-6-13(7-9-14)18-17(19)16-5-3-2-4-15(16)12-10-21-11-12/h2-9,12H,10-11H2,1H3,(H,18,19). The van der Waals surface area contributed by atoms with Gasteiger partial charge in [0, 0.05) is 17.2 Å². The molecule has 0 atom stereocenters. The average molecular weight is 283 g/mol. The molecular formula is C17H17NO3. The first-order chi connectivity index (χ1) is 10.3. The van der Waals surface area contributed by atoms with Crippen LogP contribution in [-0.4, -0.2) is 26.2 Å². The van der Waals surface area contributed by atoms with Crippen LogP contribution in [0.25, 0.3) is 0 Å². The lowest BCUT2D eigenvalue weighted by molar-refractivity contribution is 0.00816. The zero-order valence-corrected chi connectivity index (χ0v) is 11.8. The molecule has 21 heavy (non-hydrogen) atoms. The van der Waals surface area contributed by atoms with E-state index in [1.54, 1.807) is 7.11 Å². The highest BCUT2D eigenvalue weighted by atomic mass is 16.5. The van der Waals surface area contributed by atoms with Gasteiger partial charge >= 0.3 is 0 Å². The molecule has 0 spiro atoms. The van der Waals surface area contributed by atoms with Gasteiger partial charge in [0.1, 0.15) is 5.75 Å². The normalized spacial score (nSPS) is 14.3. The Morgan fingerprint density at radius 3 is 2.48 bits per heavy atom. The summed E-state index contributed by atoms with van der Waals surface area (Å²) in [5, 5.41) is 2.92. The lowest BCUT2D eigenvalue weighted by atomic mass is 9.92. The fourth-order valence-corrected chi connectivity index (χ4v) is 2.35. The van der Waals surface area contributed by atoms with Crippen molar-refractivity contribution in [2.75, 3.05) is 25.6 Å². The molecule has 1 aliphatic rings. The summed E-state index contributed by atoms with van der Waals surface area (Å²) in [7, 11) is 1.62. The summed E-state index contributed by atoms with van der Waals surface area (Å²) in [4.78, 5) is 12.5. The van der Waals surface area contributed by atoms with Crippen LogP contribution in [0, 0.1) is 0 Å². The summed E-state index contributed by atoms with van der Waals surface area (Å²) in [6.45, 7) is 1.37. The molecule has 1 saturated heterocycles. The third kappa shape index (κ3) is 2.90. The maximum Gasteiger partial charge on any atom is 0.255 e. The topological polar surface area (TPSA) is 47.6 Å². The number of methoxy groups -OCH3 is 1. The molecule has 4 nitrogen and oxygen atoms in total. The van der Waals surface area contributed by atoms with E-state index in [4.69, 9.17) is 9.47 Å². The maximum absolute atomic E-state index is 12.5. The lowest BCUT2D eigenvalue weighted by Gasteiger charge is -2.27. The van der Waals surface area contributed by atoms with Gasteiger partial charge in [-0.05, 0) is 35.9 Å². The lowest BCUT2D eigenvalue weighted by Crippen LogP contribution is -2.27. The third-order valence-corrected chi connectivity index (χ3v) is 3.63. The first-order valence-electron chi connectivity index (χ1n) is 6.90. The zero-order chi connectivity index (χ0) is 14.7. The zero-order valence-electron chi connectivity index (χ0n) is 11.8. The summed E-state index contributed by atoms with van der Waals surface area (Å²) < 4.78 is 10.3. The molecule has 1 N–H and O–H groups in total. The van der Waals surface area contributed by atoms with Gasteiger partial charge < -0.3 is 14.8 Å². The second kappa shape index (κ2) is 5.97. The molecule has 1 fully saturated rings. The van der Waals surface area contributed by atoms with Crippen LogP contribution in [0.5, 0.6) is 5.75 Å². The highest BCUT2D eigenvalue weighted by molar-refractivity contribution is 6.05. The van der Waals surface area contributed by atoms with Crippen molar-refractivity contribution in [3.63, 3.8) is 0 Å². The number of amides is 1. The van der Waals surface area contributed by atoms with Crippen LogP contribution in [0.2, 0.25) is 0 Å². The first kappa shape index (κ1) is 13.6. The number of rotatable bonds is 4. The molecule has 0 saturated carbocycles. The minimum atomic E-state index is -0.0948. The quantitative estimate of drug-likeness (QED) is 0.938. The van der Waals surface area contributed by atoms with E-state index >= 15 is 0 Å². The number of anilines is 1. The van der Waals surface area contributed by atoms with Crippen molar-refractivity contribution in [1.29, 1.82) is 0 Å². The Bertz CT molecular complexity index is 633. The van der Waals surface area contributed by atoms with E-state index < -0.39 is 0 Å². The van der Waals surface area contributed by atoms with E-state index in [-0.39, 0.29) is 5.91 Å². The summed E-state index contributed by atoms with van der Waals surface area (Å²) in [5.41, 5.74) is 2.51. The van der Waals surface area contributed by atoms with E-state index in [0.717, 1.165) is 17.0 Å². The van der Waals surface area contributed by atoms with Gasteiger partial charge in [-0.25, -0.2) is 0 Å². The third-order valence-electron chi connectivity index (χ3n) is 3.63. The van der Waals surface area contributed by atoms with Crippen LogP contribution in [-0.2, 0) is 4.74 Å². The maximum atomic E-state index is 12.5. The van der Waals surface area contributed by atoms with Gasteiger partial charge in [0.2, 0.25) is 0 Å². The second-order valence-electron chi connectivity index (χ2n) is 5.00. The Hall–Kier alpha value is -2.33. The minimum Gasteiger partial charge on any atom is -0.497 e. The molecule has 0 aromatic heterocycles. The number of hydrogen-bond acceptors (Lipinski definition) is 3. The highest BCUT2D eigenvalue weighted by Gasteiger charge is 2.25. The Morgan fingerprint density at radius 2 is 1.86 bits per heavy atom. The largest absolute Gasteiger partial charge is 0.497 e. The molecule has 1 aliphatic heterocycles. The highest BCUT2D eigenvalue weighted by Crippen LogP contribution is 2.27. The molecule has 2 aromatic rings. The van der Waals surface area contributed by atoms with Crippen molar-refractivity contribution in [3.8, 4) is 5.75 Å². The predicted octanol–water partition coefficient (Wildman–Crippen LogP) is 3.06. The summed E-state index contributed by atoms with van der Waals surface area (Å²) >= 11 is 0. The van der Waals surface area contributed by atoms with Crippen molar-refractivity contribution in [2.24, 2.45) is 0 Å². The van der Waals surface area contributed by atoms with Gasteiger partial charge in [-0.3, -0.25) is 4.79 Å². The van der Waals surface area contributed by atoms with E-state index in [0.29, 0.717) is 24.7 Å². The van der Waals surface area contributed by atoms with Crippen molar-refractivity contribution < 1.29 is 14.3 Å². The van der Waals surface area contributed by atoms with Gasteiger partial charge in [0.05, 0.1) is 20.3 Å². The first-order valence-corrected chi connectivity index (χ1v) is 6.90. The average Bonchev–Trinajstić information content (AvgIpc) is 2.47. The van der Waals surface area contributed by atoms with Gasteiger partial charge in [0.25, 0.3) is 5.91 Å². The Kier molecular flexibility index (Phi) is 3.88. The van der Waals surface area contributed by atoms with Crippen LogP contribution in [0.15, 0.2) is 48.5 Å². The fraction of sp³-hybridized carbons (Fsp3) is 0.235. The van der Waals surface area contributed by atoms with Crippen LogP contribution < -0.4 is 10.1 Å². The molecular weight excluding hydrogens is 266 g/mol. The summed E-state index contributed by atoms with van der Waals surface area (Å²) in [6, 6.07) is 15.0. The van der Waals surface area contributed by atoms with Crippen molar-refractivity contribution >= 4 is 11.6 Å². The van der Waals surface area contributed by atoms with Gasteiger partial charge in [0.15, 0.2) is 0 Å². The number of carbonyl (C=O) groups is 1. The van der Waals surface area contributed by atoms with Crippen molar-refractivity contribution in [3.05, 3.63) is 59.7 Å². The van der Waals surface area contributed by atoms with Crippen LogP contribution >= 0.6 is 0 Å². The monoisotopic (exact) mass is 283 g/mol. The van der Waals surface area contributed by atoms with E-state index in [1.165, 1.54) is 0 Å². The molecule has 4 heteroatoms. The second-order valence-corrected chi connectivity index (χ2v) is 5.00. The molecule has 1 heterocycles. The Morgan fingerprint density at radius 1 is 1.14 bits per heavy atom. The summed E-state index contributed by atoms with van der Waals surface area (Å²) in [6.07, 6.45) is 0. The van der Waals surface area contributed by atoms with Crippen LogP contribution in [0.3, 0.4) is 0 Å². The molecule has 0 unspecified atom stereocenters. The van der Waals surface area contributed by atoms with Crippen molar-refractivity contribution in [2.45, 2.75) is 5.92 Å². The van der Waals surface area contributed by atoms with Gasteiger partial charge in [-0.1, -0.05) is 18.2 Å². The van der Waals surface area contributed by atoms with Crippen LogP contribution in [0.4, 0.5) is 5.69 Å². The fourth-order valence-electron chi connectivity index (χ4n) is 2.35. The molecule has 1 amide bonds. The Labute approximate surface area is 123 Å². The number of hydrogen-bond donors (Lipinski definition) is 1. The van der Waals surface area contributed by atoms with E-state index in [9.17, 15) is 4.79 Å². The van der Waals surface area contributed by atoms with E-state index in [2.05, 4.69) is 5.32 Å². The van der Waals surface area contributed by atoms with Crippen molar-refractivity contribution in [1.82, 2.24) is 0 Å². The Balaban J connectivity index is 1.78. The predicted molar refractivity (Wildman–Crippen MR) is 80.9 cm³/mol. The SMILES string of the molecule is COc1ccc(NC(=O)c2ccccc2C2COC2)cc1. The van der Waals surface area contributed by atoms with Crippen LogP contribution in [0.1, 0.15) is 21.8 Å². The number of benzene rings is 2. The smallest absolute Gasteiger partial charge is 0.255 e. The van der Waals surface area contributed by atoms with Gasteiger partial charge in [-0.15, -0.1) is 0 Å². The molecule has 0 aliphatic carbocycles. The molecule has 108 valence electrons. The molecule has 3 rings (SSSR count).